The Balaban J connectivity index is 3.14. The van der Waals surface area contributed by atoms with Crippen molar-refractivity contribution in [3.63, 3.8) is 0 Å². The second-order valence-electron chi connectivity index (χ2n) is 10.3. The number of nitrogens with zero attached hydrogens (tertiary/aromatic N) is 1. The summed E-state index contributed by atoms with van der Waals surface area (Å²) in [5.41, 5.74) is -0.638. The van der Waals surface area contributed by atoms with Gasteiger partial charge < -0.3 is 19.0 Å². The first-order valence-electron chi connectivity index (χ1n) is 9.93. The van der Waals surface area contributed by atoms with E-state index in [4.69, 9.17) is 13.9 Å². The lowest BCUT2D eigenvalue weighted by Gasteiger charge is -2.38. The molecule has 7 nitrogen and oxygen atoms in total. The second kappa shape index (κ2) is 8.71. The van der Waals surface area contributed by atoms with Gasteiger partial charge in [0.1, 0.15) is 5.60 Å². The molecule has 0 aromatic heterocycles. The zero-order valence-electron chi connectivity index (χ0n) is 19.2. The van der Waals surface area contributed by atoms with E-state index in [1.165, 1.54) is 7.11 Å². The number of amides is 1. The molecule has 1 rings (SSSR count). The number of carbonyl (C=O) groups excluding carboxylic acids is 1. The van der Waals surface area contributed by atoms with E-state index >= 15 is 0 Å². The standard InChI is InChI=1S/C20H39NO6Si/c1-13(17(22)23)16(25-8)15-11-14(27-28(9,10)20(5,6)7)12-21(15)18(24)26-19(2,3)4/h13-16H,11-12H2,1-10H3,(H,22,23)/t13-,14-,15+,16-/m1/s1. The molecule has 1 amide bonds. The van der Waals surface area contributed by atoms with Crippen molar-refractivity contribution in [2.75, 3.05) is 13.7 Å². The number of hydrogen-bond donors (Lipinski definition) is 1. The summed E-state index contributed by atoms with van der Waals surface area (Å²) >= 11 is 0. The quantitative estimate of drug-likeness (QED) is 0.654. The van der Waals surface area contributed by atoms with Crippen LogP contribution < -0.4 is 0 Å². The number of carboxylic acids is 1. The Bertz CT molecular complexity index is 566. The average Bonchev–Trinajstić information content (AvgIpc) is 2.87. The van der Waals surface area contributed by atoms with Gasteiger partial charge in [-0.05, 0) is 52.2 Å². The molecular weight excluding hydrogens is 378 g/mol. The molecule has 1 N–H and O–H groups in total. The maximum Gasteiger partial charge on any atom is 0.410 e. The highest BCUT2D eigenvalue weighted by Crippen LogP contribution is 2.40. The summed E-state index contributed by atoms with van der Waals surface area (Å²) in [7, 11) is -0.555. The van der Waals surface area contributed by atoms with Crippen molar-refractivity contribution >= 4 is 20.4 Å². The first-order chi connectivity index (χ1) is 12.5. The van der Waals surface area contributed by atoms with E-state index in [1.807, 2.05) is 20.8 Å². The summed E-state index contributed by atoms with van der Waals surface area (Å²) in [4.78, 5) is 26.0. The number of carbonyl (C=O) groups is 2. The molecule has 0 spiro atoms. The maximum absolute atomic E-state index is 12.8. The van der Waals surface area contributed by atoms with Gasteiger partial charge in [-0.2, -0.15) is 0 Å². The molecule has 8 heteroatoms. The summed E-state index contributed by atoms with van der Waals surface area (Å²) in [6.45, 7) is 18.3. The minimum atomic E-state index is -2.04. The van der Waals surface area contributed by atoms with E-state index < -0.39 is 44.0 Å². The largest absolute Gasteiger partial charge is 0.481 e. The first-order valence-corrected chi connectivity index (χ1v) is 12.8. The lowest BCUT2D eigenvalue weighted by molar-refractivity contribution is -0.147. The van der Waals surface area contributed by atoms with Crippen LogP contribution in [0.1, 0.15) is 54.9 Å². The zero-order valence-corrected chi connectivity index (χ0v) is 20.2. The lowest BCUT2D eigenvalue weighted by Crippen LogP contribution is -2.49. The number of rotatable bonds is 6. The van der Waals surface area contributed by atoms with Crippen LogP contribution in [0.15, 0.2) is 0 Å². The number of likely N-dealkylation sites (tertiary alicyclic amines) is 1. The third-order valence-corrected chi connectivity index (χ3v) is 10.3. The summed E-state index contributed by atoms with van der Waals surface area (Å²) in [5.74, 6) is -1.71. The Hall–Kier alpha value is -1.12. The van der Waals surface area contributed by atoms with Gasteiger partial charge >= 0.3 is 12.1 Å². The molecule has 1 saturated heterocycles. The van der Waals surface area contributed by atoms with Crippen LogP contribution in [0.5, 0.6) is 0 Å². The number of methoxy groups -OCH3 is 1. The molecule has 1 fully saturated rings. The fourth-order valence-electron chi connectivity index (χ4n) is 3.18. The fourth-order valence-corrected chi connectivity index (χ4v) is 4.54. The highest BCUT2D eigenvalue weighted by molar-refractivity contribution is 6.74. The van der Waals surface area contributed by atoms with Gasteiger partial charge in [-0.25, -0.2) is 4.79 Å². The molecule has 0 saturated carbocycles. The normalized spacial score (nSPS) is 23.4. The molecule has 0 radical (unpaired) electrons. The average molecular weight is 418 g/mol. The Morgan fingerprint density at radius 3 is 2.07 bits per heavy atom. The maximum atomic E-state index is 12.8. The van der Waals surface area contributed by atoms with Crippen molar-refractivity contribution in [3.8, 4) is 0 Å². The van der Waals surface area contributed by atoms with Crippen molar-refractivity contribution in [2.24, 2.45) is 5.92 Å². The smallest absolute Gasteiger partial charge is 0.410 e. The fraction of sp³-hybridized carbons (Fsp3) is 0.900. The van der Waals surface area contributed by atoms with Gasteiger partial charge in [-0.15, -0.1) is 0 Å². The molecule has 0 bridgehead atoms. The van der Waals surface area contributed by atoms with E-state index in [0.29, 0.717) is 13.0 Å². The zero-order chi connectivity index (χ0) is 22.1. The molecule has 0 aromatic rings. The molecule has 4 atom stereocenters. The molecule has 1 aliphatic heterocycles. The summed E-state index contributed by atoms with van der Waals surface area (Å²) in [6.07, 6.45) is -0.740. The second-order valence-corrected chi connectivity index (χ2v) is 15.0. The molecule has 0 unspecified atom stereocenters. The van der Waals surface area contributed by atoms with Crippen LogP contribution in [0.4, 0.5) is 4.79 Å². The number of carboxylic acid groups (broad SMARTS) is 1. The van der Waals surface area contributed by atoms with Crippen molar-refractivity contribution in [1.29, 1.82) is 0 Å². The third-order valence-electron chi connectivity index (χ3n) is 5.73. The summed E-state index contributed by atoms with van der Waals surface area (Å²) in [5, 5.41) is 9.51. The minimum absolute atomic E-state index is 0.0385. The third kappa shape index (κ3) is 6.19. The summed E-state index contributed by atoms with van der Waals surface area (Å²) < 4.78 is 17.6. The van der Waals surface area contributed by atoms with Crippen LogP contribution in [-0.2, 0) is 18.7 Å². The number of aliphatic carboxylic acids is 1. The molecule has 1 heterocycles. The van der Waals surface area contributed by atoms with Gasteiger partial charge in [0.15, 0.2) is 8.32 Å². The molecular formula is C20H39NO6Si. The van der Waals surface area contributed by atoms with E-state index in [1.54, 1.807) is 11.8 Å². The predicted molar refractivity (Wildman–Crippen MR) is 111 cm³/mol. The van der Waals surface area contributed by atoms with Crippen molar-refractivity contribution in [3.05, 3.63) is 0 Å². The summed E-state index contributed by atoms with van der Waals surface area (Å²) in [6, 6.07) is -0.416. The molecule has 1 aliphatic rings. The van der Waals surface area contributed by atoms with E-state index in [-0.39, 0.29) is 11.1 Å². The van der Waals surface area contributed by atoms with E-state index in [0.717, 1.165) is 0 Å². The van der Waals surface area contributed by atoms with E-state index in [9.17, 15) is 14.7 Å². The Labute approximate surface area is 170 Å². The molecule has 164 valence electrons. The highest BCUT2D eigenvalue weighted by Gasteiger charge is 2.48. The van der Waals surface area contributed by atoms with Crippen molar-refractivity contribution in [1.82, 2.24) is 4.90 Å². The van der Waals surface area contributed by atoms with Gasteiger partial charge in [-0.1, -0.05) is 20.8 Å². The Morgan fingerprint density at radius 2 is 1.68 bits per heavy atom. The number of hydrogen-bond acceptors (Lipinski definition) is 5. The molecule has 0 aromatic carbocycles. The van der Waals surface area contributed by atoms with Crippen molar-refractivity contribution < 1.29 is 28.6 Å². The topological polar surface area (TPSA) is 85.3 Å². The van der Waals surface area contributed by atoms with Crippen LogP contribution in [0, 0.1) is 5.92 Å². The van der Waals surface area contributed by atoms with Gasteiger partial charge in [0.25, 0.3) is 0 Å². The predicted octanol–water partition coefficient (Wildman–Crippen LogP) is 4.12. The van der Waals surface area contributed by atoms with Crippen molar-refractivity contribution in [2.45, 2.75) is 96.9 Å². The number of ether oxygens (including phenoxy) is 2. The van der Waals surface area contributed by atoms with Gasteiger partial charge in [0.05, 0.1) is 24.2 Å². The van der Waals surface area contributed by atoms with Crippen LogP contribution >= 0.6 is 0 Å². The molecule has 28 heavy (non-hydrogen) atoms. The monoisotopic (exact) mass is 417 g/mol. The Morgan fingerprint density at radius 1 is 1.14 bits per heavy atom. The van der Waals surface area contributed by atoms with Crippen LogP contribution in [0.2, 0.25) is 18.1 Å². The first kappa shape index (κ1) is 24.9. The van der Waals surface area contributed by atoms with Gasteiger partial charge in [0.2, 0.25) is 0 Å². The van der Waals surface area contributed by atoms with Gasteiger partial charge in [0, 0.05) is 13.7 Å². The van der Waals surface area contributed by atoms with Crippen LogP contribution in [-0.4, -0.2) is 67.9 Å². The lowest BCUT2D eigenvalue weighted by atomic mass is 9.95. The van der Waals surface area contributed by atoms with Crippen LogP contribution in [0.3, 0.4) is 0 Å². The SMILES string of the molecule is CO[C@H]([C@@H](C)C(=O)O)[C@@H]1C[C@@H](O[Si](C)(C)C(C)(C)C)CN1C(=O)OC(C)(C)C. The highest BCUT2D eigenvalue weighted by atomic mass is 28.4. The Kier molecular flexibility index (Phi) is 7.75. The van der Waals surface area contributed by atoms with E-state index in [2.05, 4.69) is 33.9 Å². The van der Waals surface area contributed by atoms with Gasteiger partial charge in [-0.3, -0.25) is 9.69 Å². The van der Waals surface area contributed by atoms with Crippen LogP contribution in [0.25, 0.3) is 0 Å². The minimum Gasteiger partial charge on any atom is -0.481 e. The molecule has 0 aliphatic carbocycles.